The predicted molar refractivity (Wildman–Crippen MR) is 44.7 cm³/mol. The lowest BCUT2D eigenvalue weighted by Gasteiger charge is -2.03. The number of nitrogen functional groups attached to an aromatic ring is 1. The van der Waals surface area contributed by atoms with Crippen molar-refractivity contribution in [2.75, 3.05) is 12.8 Å². The van der Waals surface area contributed by atoms with E-state index in [0.717, 1.165) is 0 Å². The number of pyridine rings is 1. The summed E-state index contributed by atoms with van der Waals surface area (Å²) in [5, 5.41) is 8.61. The molecule has 0 saturated carbocycles. The van der Waals surface area contributed by atoms with Gasteiger partial charge in [-0.25, -0.2) is 9.78 Å². The van der Waals surface area contributed by atoms with Gasteiger partial charge in [0, 0.05) is 6.20 Å². The highest BCUT2D eigenvalue weighted by molar-refractivity contribution is 5.96. The van der Waals surface area contributed by atoms with E-state index in [0.29, 0.717) is 0 Å². The van der Waals surface area contributed by atoms with Gasteiger partial charge in [0.15, 0.2) is 5.69 Å². The van der Waals surface area contributed by atoms with Crippen LogP contribution in [0.5, 0.6) is 0 Å². The Morgan fingerprint density at radius 3 is 3.00 bits per heavy atom. The first-order valence-corrected chi connectivity index (χ1v) is 3.43. The van der Waals surface area contributed by atoms with Crippen molar-refractivity contribution in [1.82, 2.24) is 4.98 Å². The molecule has 1 heterocycles. The molecule has 13 heavy (non-hydrogen) atoms. The Hall–Kier alpha value is -2.09. The van der Waals surface area contributed by atoms with Crippen LogP contribution in [0.4, 0.5) is 5.69 Å². The number of anilines is 1. The number of aromatic nitrogens is 1. The standard InChI is InChI=1S/C8H7N3O2/c1-13-8(12)7-5(10)2-3-11-6(7)4-9/h2-3H,1H3,(H2,10,11). The van der Waals surface area contributed by atoms with Gasteiger partial charge in [-0.3, -0.25) is 0 Å². The Kier molecular flexibility index (Phi) is 2.45. The molecule has 0 bridgehead atoms. The molecular weight excluding hydrogens is 170 g/mol. The van der Waals surface area contributed by atoms with Gasteiger partial charge in [0.05, 0.1) is 12.8 Å². The molecule has 2 N–H and O–H groups in total. The number of nitriles is 1. The molecule has 0 aliphatic rings. The zero-order chi connectivity index (χ0) is 9.84. The summed E-state index contributed by atoms with van der Waals surface area (Å²) < 4.78 is 4.45. The fourth-order valence-corrected chi connectivity index (χ4v) is 0.878. The molecule has 0 aromatic carbocycles. The van der Waals surface area contributed by atoms with Crippen molar-refractivity contribution in [2.24, 2.45) is 0 Å². The molecule has 1 rings (SSSR count). The Bertz CT molecular complexity index is 381. The SMILES string of the molecule is COC(=O)c1c(N)ccnc1C#N. The summed E-state index contributed by atoms with van der Waals surface area (Å²) in [6.07, 6.45) is 1.36. The third-order valence-corrected chi connectivity index (χ3v) is 1.48. The minimum absolute atomic E-state index is 0.0208. The lowest BCUT2D eigenvalue weighted by molar-refractivity contribution is 0.0601. The first kappa shape index (κ1) is 9.00. The monoisotopic (exact) mass is 177 g/mol. The van der Waals surface area contributed by atoms with Gasteiger partial charge in [0.2, 0.25) is 0 Å². The maximum Gasteiger partial charge on any atom is 0.342 e. The molecule has 0 aliphatic heterocycles. The van der Waals surface area contributed by atoms with Gasteiger partial charge in [0.25, 0.3) is 0 Å². The molecule has 0 amide bonds. The molecule has 66 valence electrons. The van der Waals surface area contributed by atoms with E-state index in [-0.39, 0.29) is 16.9 Å². The minimum atomic E-state index is -0.651. The quantitative estimate of drug-likeness (QED) is 0.624. The van der Waals surface area contributed by atoms with Crippen molar-refractivity contribution < 1.29 is 9.53 Å². The lowest BCUT2D eigenvalue weighted by atomic mass is 10.1. The third kappa shape index (κ3) is 1.56. The van der Waals surface area contributed by atoms with Gasteiger partial charge in [-0.2, -0.15) is 5.26 Å². The van der Waals surface area contributed by atoms with E-state index >= 15 is 0 Å². The zero-order valence-electron chi connectivity index (χ0n) is 6.94. The van der Waals surface area contributed by atoms with Gasteiger partial charge in [-0.15, -0.1) is 0 Å². The first-order chi connectivity index (χ1) is 6.20. The van der Waals surface area contributed by atoms with Crippen LogP contribution in [0.3, 0.4) is 0 Å². The highest BCUT2D eigenvalue weighted by Gasteiger charge is 2.15. The summed E-state index contributed by atoms with van der Waals surface area (Å²) in [7, 11) is 1.22. The van der Waals surface area contributed by atoms with Crippen LogP contribution in [0.25, 0.3) is 0 Å². The van der Waals surface area contributed by atoms with Gasteiger partial charge in [-0.1, -0.05) is 0 Å². The van der Waals surface area contributed by atoms with E-state index in [1.54, 1.807) is 6.07 Å². The highest BCUT2D eigenvalue weighted by Crippen LogP contribution is 2.14. The molecule has 1 aromatic heterocycles. The molecule has 5 nitrogen and oxygen atoms in total. The van der Waals surface area contributed by atoms with Crippen molar-refractivity contribution in [2.45, 2.75) is 0 Å². The molecule has 0 fully saturated rings. The van der Waals surface area contributed by atoms with E-state index in [1.165, 1.54) is 19.4 Å². The molecule has 0 radical (unpaired) electrons. The highest BCUT2D eigenvalue weighted by atomic mass is 16.5. The zero-order valence-corrected chi connectivity index (χ0v) is 6.94. The molecule has 5 heteroatoms. The second-order valence-electron chi connectivity index (χ2n) is 2.23. The van der Waals surface area contributed by atoms with E-state index < -0.39 is 5.97 Å². The number of nitrogens with two attached hydrogens (primary N) is 1. The van der Waals surface area contributed by atoms with Gasteiger partial charge >= 0.3 is 5.97 Å². The van der Waals surface area contributed by atoms with Crippen molar-refractivity contribution in [3.63, 3.8) is 0 Å². The topological polar surface area (TPSA) is 89.0 Å². The first-order valence-electron chi connectivity index (χ1n) is 3.43. The van der Waals surface area contributed by atoms with Crippen LogP contribution < -0.4 is 5.73 Å². The van der Waals surface area contributed by atoms with E-state index in [1.807, 2.05) is 0 Å². The summed E-state index contributed by atoms with van der Waals surface area (Å²) >= 11 is 0. The normalized spacial score (nSPS) is 8.92. The van der Waals surface area contributed by atoms with Crippen molar-refractivity contribution in [3.05, 3.63) is 23.5 Å². The summed E-state index contributed by atoms with van der Waals surface area (Å²) in [5.74, 6) is -0.651. The second kappa shape index (κ2) is 3.54. The van der Waals surface area contributed by atoms with Crippen molar-refractivity contribution in [3.8, 4) is 6.07 Å². The molecule has 0 atom stereocenters. The fourth-order valence-electron chi connectivity index (χ4n) is 0.878. The fraction of sp³-hybridized carbons (Fsp3) is 0.125. The summed E-state index contributed by atoms with van der Waals surface area (Å²) in [6.45, 7) is 0. The predicted octanol–water partition coefficient (Wildman–Crippen LogP) is 0.322. The second-order valence-corrected chi connectivity index (χ2v) is 2.23. The number of nitrogens with zero attached hydrogens (tertiary/aromatic N) is 2. The van der Waals surface area contributed by atoms with E-state index in [4.69, 9.17) is 11.0 Å². The maximum atomic E-state index is 11.1. The molecule has 0 spiro atoms. The molecular formula is C8H7N3O2. The third-order valence-electron chi connectivity index (χ3n) is 1.48. The summed E-state index contributed by atoms with van der Waals surface area (Å²) in [5.41, 5.74) is 5.67. The van der Waals surface area contributed by atoms with Gasteiger partial charge < -0.3 is 10.5 Å². The number of ether oxygens (including phenoxy) is 1. The molecule has 0 unspecified atom stereocenters. The maximum absolute atomic E-state index is 11.1. The van der Waals surface area contributed by atoms with Crippen molar-refractivity contribution >= 4 is 11.7 Å². The molecule has 1 aromatic rings. The molecule has 0 saturated heterocycles. The largest absolute Gasteiger partial charge is 0.465 e. The van der Waals surface area contributed by atoms with Crippen LogP contribution >= 0.6 is 0 Å². The van der Waals surface area contributed by atoms with Gasteiger partial charge in [-0.05, 0) is 6.07 Å². The minimum Gasteiger partial charge on any atom is -0.465 e. The number of rotatable bonds is 1. The Balaban J connectivity index is 3.33. The lowest BCUT2D eigenvalue weighted by Crippen LogP contribution is -2.09. The number of hydrogen-bond acceptors (Lipinski definition) is 5. The van der Waals surface area contributed by atoms with Crippen LogP contribution in [0, 0.1) is 11.3 Å². The number of carbonyl (C=O) groups is 1. The van der Waals surface area contributed by atoms with Crippen LogP contribution in [0.1, 0.15) is 16.1 Å². The van der Waals surface area contributed by atoms with Gasteiger partial charge in [0.1, 0.15) is 11.6 Å². The molecule has 0 aliphatic carbocycles. The van der Waals surface area contributed by atoms with Crippen molar-refractivity contribution in [1.29, 1.82) is 5.26 Å². The Labute approximate surface area is 74.8 Å². The van der Waals surface area contributed by atoms with E-state index in [2.05, 4.69) is 9.72 Å². The van der Waals surface area contributed by atoms with Crippen LogP contribution in [-0.4, -0.2) is 18.1 Å². The van der Waals surface area contributed by atoms with Crippen LogP contribution in [0.2, 0.25) is 0 Å². The Morgan fingerprint density at radius 2 is 2.46 bits per heavy atom. The number of esters is 1. The number of hydrogen-bond donors (Lipinski definition) is 1. The van der Waals surface area contributed by atoms with E-state index in [9.17, 15) is 4.79 Å². The average molecular weight is 177 g/mol. The smallest absolute Gasteiger partial charge is 0.342 e. The average Bonchev–Trinajstić information content (AvgIpc) is 2.16. The Morgan fingerprint density at radius 1 is 1.77 bits per heavy atom. The summed E-state index contributed by atoms with van der Waals surface area (Å²) in [6, 6.07) is 3.20. The number of carbonyl (C=O) groups excluding carboxylic acids is 1. The summed E-state index contributed by atoms with van der Waals surface area (Å²) in [4.78, 5) is 14.8. The van der Waals surface area contributed by atoms with Crippen LogP contribution in [-0.2, 0) is 4.74 Å². The van der Waals surface area contributed by atoms with Crippen LogP contribution in [0.15, 0.2) is 12.3 Å². The number of methoxy groups -OCH3 is 1.